The molecule has 0 spiro atoms. The van der Waals surface area contributed by atoms with Crippen molar-refractivity contribution < 1.29 is 14.0 Å². The molecule has 60 valence electrons. The van der Waals surface area contributed by atoms with Crippen molar-refractivity contribution in [2.24, 2.45) is 0 Å². The minimum atomic E-state index is -3.36. The molecule has 1 atom stereocenters. The minimum Gasteiger partial charge on any atom is -0.316 e. The Hall–Kier alpha value is 0.240. The van der Waals surface area contributed by atoms with E-state index in [0.29, 0.717) is 5.75 Å². The van der Waals surface area contributed by atoms with Crippen molar-refractivity contribution in [1.82, 2.24) is 0 Å². The lowest BCUT2D eigenvalue weighted by Gasteiger charge is -2.06. The van der Waals surface area contributed by atoms with Gasteiger partial charge in [-0.25, -0.2) is 4.57 Å². The fourth-order valence-electron chi connectivity index (χ4n) is 0.347. The van der Waals surface area contributed by atoms with Gasteiger partial charge in [-0.1, -0.05) is 6.08 Å². The summed E-state index contributed by atoms with van der Waals surface area (Å²) < 4.78 is 15.4. The van der Waals surface area contributed by atoms with Crippen molar-refractivity contribution >= 4 is 18.2 Å². The van der Waals surface area contributed by atoms with Crippen molar-refractivity contribution in [3.63, 3.8) is 0 Å². The van der Waals surface area contributed by atoms with Crippen LogP contribution in [-0.4, -0.2) is 17.3 Å². The lowest BCUT2D eigenvalue weighted by molar-refractivity contribution is 0.291. The van der Waals surface area contributed by atoms with Crippen molar-refractivity contribution in [3.05, 3.63) is 12.7 Å². The number of hydrogen-bond acceptors (Lipinski definition) is 3. The Labute approximate surface area is 64.8 Å². The van der Waals surface area contributed by atoms with E-state index >= 15 is 0 Å². The summed E-state index contributed by atoms with van der Waals surface area (Å²) in [6, 6.07) is 0. The van der Waals surface area contributed by atoms with Crippen LogP contribution in [0.5, 0.6) is 0 Å². The van der Waals surface area contributed by atoms with E-state index in [1.807, 2.05) is 0 Å². The first-order valence-corrected chi connectivity index (χ1v) is 6.02. The van der Waals surface area contributed by atoms with Crippen molar-refractivity contribution in [2.45, 2.75) is 6.92 Å². The molecular weight excluding hydrogens is 171 g/mol. The monoisotopic (exact) mass is 182 g/mol. The van der Waals surface area contributed by atoms with Crippen LogP contribution in [0.4, 0.5) is 0 Å². The molecule has 0 heterocycles. The smallest absolute Gasteiger partial charge is 0.316 e. The molecule has 0 aliphatic rings. The van der Waals surface area contributed by atoms with E-state index in [0.717, 1.165) is 11.4 Å². The molecule has 0 radical (unpaired) electrons. The second kappa shape index (κ2) is 4.97. The molecular formula is C5H11O3PS. The van der Waals surface area contributed by atoms with E-state index in [1.165, 1.54) is 0 Å². The topological polar surface area (TPSA) is 46.5 Å². The first-order chi connectivity index (χ1) is 4.62. The highest BCUT2D eigenvalue weighted by atomic mass is 32.7. The van der Waals surface area contributed by atoms with Crippen LogP contribution in [-0.2, 0) is 9.09 Å². The second-order valence-electron chi connectivity index (χ2n) is 1.47. The largest absolute Gasteiger partial charge is 0.386 e. The van der Waals surface area contributed by atoms with Gasteiger partial charge in [-0.05, 0) is 18.3 Å². The number of rotatable bonds is 5. The lowest BCUT2D eigenvalue weighted by atomic mass is 10.8. The van der Waals surface area contributed by atoms with E-state index in [-0.39, 0.29) is 6.61 Å². The summed E-state index contributed by atoms with van der Waals surface area (Å²) in [6.45, 7) is 1.99. The van der Waals surface area contributed by atoms with Crippen LogP contribution in [0.2, 0.25) is 0 Å². The van der Waals surface area contributed by atoms with Gasteiger partial charge >= 0.3 is 6.80 Å². The average molecular weight is 182 g/mol. The summed E-state index contributed by atoms with van der Waals surface area (Å²) in [5, 5.41) is 0. The van der Waals surface area contributed by atoms with Crippen molar-refractivity contribution in [2.75, 3.05) is 12.4 Å². The van der Waals surface area contributed by atoms with Gasteiger partial charge in [0.15, 0.2) is 0 Å². The molecule has 0 fully saturated rings. The summed E-state index contributed by atoms with van der Waals surface area (Å²) in [6.07, 6.45) is 1.56. The molecule has 0 bridgehead atoms. The summed E-state index contributed by atoms with van der Waals surface area (Å²) in [4.78, 5) is 8.89. The molecule has 5 heteroatoms. The number of hydrogen-bond donors (Lipinski definition) is 1. The molecule has 0 rings (SSSR count). The van der Waals surface area contributed by atoms with Gasteiger partial charge in [0.2, 0.25) is 0 Å². The molecule has 0 aromatic rings. The minimum absolute atomic E-state index is 0.262. The average Bonchev–Trinajstić information content (AvgIpc) is 1.84. The van der Waals surface area contributed by atoms with Gasteiger partial charge in [0, 0.05) is 5.75 Å². The van der Waals surface area contributed by atoms with Crippen LogP contribution in [0.1, 0.15) is 6.92 Å². The van der Waals surface area contributed by atoms with Crippen LogP contribution in [0.3, 0.4) is 0 Å². The Morgan fingerprint density at radius 3 is 2.90 bits per heavy atom. The molecule has 1 N–H and O–H groups in total. The fraction of sp³-hybridized carbons (Fsp3) is 0.600. The van der Waals surface area contributed by atoms with Gasteiger partial charge in [0.05, 0.1) is 6.61 Å². The molecule has 1 unspecified atom stereocenters. The third kappa shape index (κ3) is 5.06. The molecule has 0 aliphatic carbocycles. The van der Waals surface area contributed by atoms with Gasteiger partial charge in [-0.3, -0.25) is 0 Å². The Morgan fingerprint density at radius 1 is 1.90 bits per heavy atom. The van der Waals surface area contributed by atoms with E-state index in [1.54, 1.807) is 13.0 Å². The van der Waals surface area contributed by atoms with Crippen molar-refractivity contribution in [1.29, 1.82) is 0 Å². The molecule has 0 saturated carbocycles. The van der Waals surface area contributed by atoms with Gasteiger partial charge in [0.1, 0.15) is 0 Å². The lowest BCUT2D eigenvalue weighted by Crippen LogP contribution is -1.84. The highest BCUT2D eigenvalue weighted by molar-refractivity contribution is 8.54. The molecule has 0 amide bonds. The maximum absolute atomic E-state index is 10.8. The van der Waals surface area contributed by atoms with Crippen LogP contribution in [0.25, 0.3) is 0 Å². The zero-order chi connectivity index (χ0) is 8.04. The Bertz CT molecular complexity index is 148. The van der Waals surface area contributed by atoms with Gasteiger partial charge in [-0.2, -0.15) is 0 Å². The Morgan fingerprint density at radius 2 is 2.50 bits per heavy atom. The summed E-state index contributed by atoms with van der Waals surface area (Å²) in [5.74, 6) is 0.438. The third-order valence-electron chi connectivity index (χ3n) is 0.648. The molecule has 10 heavy (non-hydrogen) atoms. The van der Waals surface area contributed by atoms with Crippen LogP contribution < -0.4 is 0 Å². The normalized spacial score (nSPS) is 16.2. The zero-order valence-corrected chi connectivity index (χ0v) is 7.53. The SMILES string of the molecule is C=CCSP(=O)(O)OCC. The first-order valence-electron chi connectivity index (χ1n) is 2.85. The quantitative estimate of drug-likeness (QED) is 0.522. The van der Waals surface area contributed by atoms with Crippen LogP contribution >= 0.6 is 18.2 Å². The summed E-state index contributed by atoms with van der Waals surface area (Å²) in [7, 11) is 0. The Balaban J connectivity index is 3.63. The molecule has 0 saturated heterocycles. The molecule has 0 aromatic heterocycles. The highest BCUT2D eigenvalue weighted by Gasteiger charge is 2.17. The zero-order valence-electron chi connectivity index (χ0n) is 5.82. The molecule has 0 aromatic carbocycles. The third-order valence-corrected chi connectivity index (χ3v) is 3.69. The van der Waals surface area contributed by atoms with E-state index in [4.69, 9.17) is 4.89 Å². The predicted octanol–water partition coefficient (Wildman–Crippen LogP) is 2.04. The first kappa shape index (κ1) is 10.2. The van der Waals surface area contributed by atoms with Crippen molar-refractivity contribution in [3.8, 4) is 0 Å². The summed E-state index contributed by atoms with van der Waals surface area (Å²) >= 11 is 0.874. The Kier molecular flexibility index (Phi) is 5.09. The van der Waals surface area contributed by atoms with Gasteiger partial charge in [0.25, 0.3) is 0 Å². The maximum Gasteiger partial charge on any atom is 0.386 e. The van der Waals surface area contributed by atoms with Gasteiger partial charge < -0.3 is 9.42 Å². The molecule has 3 nitrogen and oxygen atoms in total. The predicted molar refractivity (Wildman–Crippen MR) is 44.1 cm³/mol. The highest BCUT2D eigenvalue weighted by Crippen LogP contribution is 2.55. The van der Waals surface area contributed by atoms with E-state index in [2.05, 4.69) is 11.1 Å². The summed E-state index contributed by atoms with van der Waals surface area (Å²) in [5.41, 5.74) is 0. The van der Waals surface area contributed by atoms with Gasteiger partial charge in [-0.15, -0.1) is 6.58 Å². The van der Waals surface area contributed by atoms with E-state index < -0.39 is 6.80 Å². The fourth-order valence-corrected chi connectivity index (χ4v) is 2.46. The van der Waals surface area contributed by atoms with Crippen LogP contribution in [0.15, 0.2) is 12.7 Å². The standard InChI is InChI=1S/C5H11O3PS/c1-3-5-10-9(6,7)8-4-2/h3H,1,4-5H2,2H3,(H,6,7). The second-order valence-corrected chi connectivity index (χ2v) is 5.42. The molecule has 0 aliphatic heterocycles. The van der Waals surface area contributed by atoms with E-state index in [9.17, 15) is 4.57 Å². The van der Waals surface area contributed by atoms with Crippen LogP contribution in [0, 0.1) is 0 Å². The maximum atomic E-state index is 10.8.